The van der Waals surface area contributed by atoms with Crippen LogP contribution >= 0.6 is 11.6 Å². The number of ether oxygens (including phenoxy) is 2. The number of nitrogens with one attached hydrogen (secondary N) is 2. The van der Waals surface area contributed by atoms with Gasteiger partial charge in [0.25, 0.3) is 5.91 Å². The van der Waals surface area contributed by atoms with Gasteiger partial charge in [-0.25, -0.2) is 8.42 Å². The zero-order chi connectivity index (χ0) is 20.0. The maximum Gasteiger partial charge on any atom is 0.252 e. The summed E-state index contributed by atoms with van der Waals surface area (Å²) in [6.07, 6.45) is 0.838. The fourth-order valence-electron chi connectivity index (χ4n) is 3.32. The molecule has 0 atom stereocenters. The van der Waals surface area contributed by atoms with Crippen molar-refractivity contribution in [2.45, 2.75) is 11.3 Å². The van der Waals surface area contributed by atoms with E-state index in [4.69, 9.17) is 21.1 Å². The summed E-state index contributed by atoms with van der Waals surface area (Å²) in [6, 6.07) is 4.25. The molecule has 156 valence electrons. The molecule has 2 fully saturated rings. The molecule has 2 saturated heterocycles. The normalized spacial score (nSPS) is 19.5. The average Bonchev–Trinajstić information content (AvgIpc) is 2.72. The summed E-state index contributed by atoms with van der Waals surface area (Å²) in [4.78, 5) is 14.1. The summed E-state index contributed by atoms with van der Waals surface area (Å²) >= 11 is 6.15. The summed E-state index contributed by atoms with van der Waals surface area (Å²) in [5.74, 6) is -0.360. The summed E-state index contributed by atoms with van der Waals surface area (Å²) in [6.45, 7) is 6.35. The maximum absolute atomic E-state index is 12.8. The first-order valence-corrected chi connectivity index (χ1v) is 11.4. The van der Waals surface area contributed by atoms with Gasteiger partial charge in [0.15, 0.2) is 0 Å². The van der Waals surface area contributed by atoms with Gasteiger partial charge in [0.1, 0.15) is 13.1 Å². The first-order chi connectivity index (χ1) is 13.5. The van der Waals surface area contributed by atoms with Crippen LogP contribution in [0.3, 0.4) is 0 Å². The van der Waals surface area contributed by atoms with E-state index in [2.05, 4.69) is 5.32 Å². The number of amides is 1. The monoisotopic (exact) mass is 432 g/mol. The highest BCUT2D eigenvalue weighted by Gasteiger charge is 2.27. The highest BCUT2D eigenvalue weighted by Crippen LogP contribution is 2.23. The lowest BCUT2D eigenvalue weighted by Gasteiger charge is -2.26. The SMILES string of the molecule is O=C(NCCC[NH+]1CCOCC1)c1cc(S(=O)(=O)N2CCOCC2)ccc1Cl. The van der Waals surface area contributed by atoms with Crippen molar-refractivity contribution in [3.05, 3.63) is 28.8 Å². The summed E-state index contributed by atoms with van der Waals surface area (Å²) < 4.78 is 37.5. The molecule has 0 radical (unpaired) electrons. The van der Waals surface area contributed by atoms with Crippen LogP contribution in [0.4, 0.5) is 0 Å². The smallest absolute Gasteiger partial charge is 0.252 e. The first-order valence-electron chi connectivity index (χ1n) is 9.55. The molecule has 2 aliphatic heterocycles. The van der Waals surface area contributed by atoms with Gasteiger partial charge in [0.2, 0.25) is 10.0 Å². The highest BCUT2D eigenvalue weighted by molar-refractivity contribution is 7.89. The zero-order valence-electron chi connectivity index (χ0n) is 15.8. The number of quaternary nitrogens is 1. The van der Waals surface area contributed by atoms with Crippen molar-refractivity contribution in [3.8, 4) is 0 Å². The Morgan fingerprint density at radius 3 is 2.54 bits per heavy atom. The molecule has 2 aliphatic rings. The third-order valence-corrected chi connectivity index (χ3v) is 7.21. The molecule has 3 rings (SSSR count). The molecular formula is C18H27ClN3O5S+. The van der Waals surface area contributed by atoms with E-state index in [1.807, 2.05) is 0 Å². The molecule has 0 aliphatic carbocycles. The standard InChI is InChI=1S/C18H26ClN3O5S/c19-17-3-2-15(28(24,25)22-8-12-27-13-9-22)14-16(17)18(23)20-4-1-5-21-6-10-26-11-7-21/h2-3,14H,1,4-13H2,(H,20,23)/p+1. The van der Waals surface area contributed by atoms with Gasteiger partial charge in [-0.1, -0.05) is 11.6 Å². The zero-order valence-corrected chi connectivity index (χ0v) is 17.4. The Balaban J connectivity index is 1.59. The van der Waals surface area contributed by atoms with Gasteiger partial charge in [-0.3, -0.25) is 4.79 Å². The van der Waals surface area contributed by atoms with Gasteiger partial charge in [0.05, 0.1) is 48.5 Å². The average molecular weight is 433 g/mol. The number of benzene rings is 1. The Labute approximate surface area is 170 Å². The number of sulfonamides is 1. The number of carbonyl (C=O) groups excluding carboxylic acids is 1. The largest absolute Gasteiger partial charge is 0.379 e. The minimum atomic E-state index is -3.67. The van der Waals surface area contributed by atoms with Crippen molar-refractivity contribution < 1.29 is 27.6 Å². The Morgan fingerprint density at radius 1 is 1.14 bits per heavy atom. The first kappa shape index (κ1) is 21.5. The summed E-state index contributed by atoms with van der Waals surface area (Å²) in [7, 11) is -3.67. The van der Waals surface area contributed by atoms with E-state index in [-0.39, 0.29) is 21.4 Å². The van der Waals surface area contributed by atoms with Gasteiger partial charge >= 0.3 is 0 Å². The fraction of sp³-hybridized carbons (Fsp3) is 0.611. The van der Waals surface area contributed by atoms with Crippen LogP contribution in [0.25, 0.3) is 0 Å². The maximum atomic E-state index is 12.8. The molecule has 1 aromatic rings. The number of hydrogen-bond donors (Lipinski definition) is 2. The Bertz CT molecular complexity index is 777. The summed E-state index contributed by atoms with van der Waals surface area (Å²) in [5, 5.41) is 3.07. The van der Waals surface area contributed by atoms with E-state index in [0.717, 1.165) is 39.3 Å². The van der Waals surface area contributed by atoms with E-state index in [1.54, 1.807) is 0 Å². The minimum absolute atomic E-state index is 0.0710. The van der Waals surface area contributed by atoms with E-state index in [0.29, 0.717) is 32.8 Å². The molecule has 2 heterocycles. The molecule has 10 heteroatoms. The molecule has 1 aromatic carbocycles. The molecule has 0 spiro atoms. The lowest BCUT2D eigenvalue weighted by atomic mass is 10.2. The van der Waals surface area contributed by atoms with Crippen molar-refractivity contribution >= 4 is 27.5 Å². The fourth-order valence-corrected chi connectivity index (χ4v) is 4.96. The minimum Gasteiger partial charge on any atom is -0.379 e. The van der Waals surface area contributed by atoms with Gasteiger partial charge in [-0.05, 0) is 18.2 Å². The second kappa shape index (κ2) is 10.00. The molecule has 0 saturated carbocycles. The van der Waals surface area contributed by atoms with E-state index >= 15 is 0 Å². The second-order valence-corrected chi connectivity index (χ2v) is 9.23. The van der Waals surface area contributed by atoms with Crippen LogP contribution < -0.4 is 10.2 Å². The number of halogens is 1. The van der Waals surface area contributed by atoms with Crippen molar-refractivity contribution in [2.24, 2.45) is 0 Å². The number of nitrogens with zero attached hydrogens (tertiary/aromatic N) is 1. The number of morpholine rings is 2. The van der Waals surface area contributed by atoms with E-state index in [9.17, 15) is 13.2 Å². The quantitative estimate of drug-likeness (QED) is 0.561. The molecule has 0 bridgehead atoms. The predicted octanol–water partition coefficient (Wildman–Crippen LogP) is -0.604. The molecule has 0 aromatic heterocycles. The van der Waals surface area contributed by atoms with Crippen molar-refractivity contribution in [1.82, 2.24) is 9.62 Å². The molecule has 2 N–H and O–H groups in total. The van der Waals surface area contributed by atoms with Crippen LogP contribution in [0.5, 0.6) is 0 Å². The van der Waals surface area contributed by atoms with Crippen LogP contribution in [-0.4, -0.2) is 84.3 Å². The van der Waals surface area contributed by atoms with Gasteiger partial charge in [-0.2, -0.15) is 4.31 Å². The molecule has 0 unspecified atom stereocenters. The van der Waals surface area contributed by atoms with Crippen LogP contribution in [0.2, 0.25) is 5.02 Å². The molecule has 28 heavy (non-hydrogen) atoms. The molecular weight excluding hydrogens is 406 g/mol. The van der Waals surface area contributed by atoms with Crippen LogP contribution in [0, 0.1) is 0 Å². The molecule has 1 amide bonds. The highest BCUT2D eigenvalue weighted by atomic mass is 35.5. The lowest BCUT2D eigenvalue weighted by Crippen LogP contribution is -3.14. The third kappa shape index (κ3) is 5.43. The Kier molecular flexibility index (Phi) is 7.67. The van der Waals surface area contributed by atoms with E-state index in [1.165, 1.54) is 27.4 Å². The molecule has 8 nitrogen and oxygen atoms in total. The predicted molar refractivity (Wildman–Crippen MR) is 104 cm³/mol. The third-order valence-electron chi connectivity index (χ3n) is 4.98. The van der Waals surface area contributed by atoms with Crippen LogP contribution in [0.15, 0.2) is 23.1 Å². The number of carbonyl (C=O) groups is 1. The van der Waals surface area contributed by atoms with Crippen molar-refractivity contribution in [3.63, 3.8) is 0 Å². The van der Waals surface area contributed by atoms with E-state index < -0.39 is 10.0 Å². The van der Waals surface area contributed by atoms with Gasteiger partial charge < -0.3 is 19.7 Å². The van der Waals surface area contributed by atoms with Crippen molar-refractivity contribution in [1.29, 1.82) is 0 Å². The Morgan fingerprint density at radius 2 is 1.82 bits per heavy atom. The van der Waals surface area contributed by atoms with Crippen molar-refractivity contribution in [2.75, 3.05) is 65.7 Å². The number of hydrogen-bond acceptors (Lipinski definition) is 5. The van der Waals surface area contributed by atoms with Gasteiger partial charge in [-0.15, -0.1) is 0 Å². The second-order valence-electron chi connectivity index (χ2n) is 6.88. The lowest BCUT2D eigenvalue weighted by molar-refractivity contribution is -0.908. The van der Waals surface area contributed by atoms with Gasteiger partial charge in [0, 0.05) is 26.1 Å². The van der Waals surface area contributed by atoms with Crippen LogP contribution in [-0.2, 0) is 19.5 Å². The Hall–Kier alpha value is -1.23. The van der Waals surface area contributed by atoms with Crippen LogP contribution in [0.1, 0.15) is 16.8 Å². The summed E-state index contributed by atoms with van der Waals surface area (Å²) in [5.41, 5.74) is 0.176. The topological polar surface area (TPSA) is 89.4 Å². The number of rotatable bonds is 7.